The third-order valence-electron chi connectivity index (χ3n) is 4.08. The molecule has 19 heavy (non-hydrogen) atoms. The zero-order valence-electron chi connectivity index (χ0n) is 12.2. The van der Waals surface area contributed by atoms with Crippen LogP contribution in [0, 0.1) is 0 Å². The van der Waals surface area contributed by atoms with Gasteiger partial charge in [0.15, 0.2) is 0 Å². The molecule has 0 amide bonds. The summed E-state index contributed by atoms with van der Waals surface area (Å²) in [6.45, 7) is 5.94. The first-order valence-corrected chi connectivity index (χ1v) is 7.12. The van der Waals surface area contributed by atoms with E-state index in [9.17, 15) is 5.11 Å². The topological polar surface area (TPSA) is 48.4 Å². The molecule has 1 fully saturated rings. The van der Waals surface area contributed by atoms with Crippen molar-refractivity contribution in [2.24, 2.45) is 0 Å². The van der Waals surface area contributed by atoms with Crippen molar-refractivity contribution in [3.8, 4) is 0 Å². The van der Waals surface area contributed by atoms with E-state index in [0.29, 0.717) is 0 Å². The van der Waals surface area contributed by atoms with Gasteiger partial charge >= 0.3 is 0 Å². The van der Waals surface area contributed by atoms with Gasteiger partial charge in [-0.25, -0.2) is 0 Å². The quantitative estimate of drug-likeness (QED) is 0.877. The summed E-state index contributed by atoms with van der Waals surface area (Å²) in [5.74, 6) is 0. The summed E-state index contributed by atoms with van der Waals surface area (Å²) in [6, 6.07) is 4.49. The Labute approximate surface area is 115 Å². The number of anilines is 1. The van der Waals surface area contributed by atoms with E-state index in [4.69, 9.17) is 0 Å². The standard InChI is InChI=1S/C15H25N3O/c1-12(16-3)14-6-5-13(11-17-14)18-9-4-7-15(2,19)8-10-18/h5-6,11-12,16,19H,4,7-10H2,1-3H3. The van der Waals surface area contributed by atoms with Gasteiger partial charge in [-0.1, -0.05) is 0 Å². The van der Waals surface area contributed by atoms with Crippen LogP contribution in [-0.2, 0) is 0 Å². The van der Waals surface area contributed by atoms with Crippen molar-refractivity contribution < 1.29 is 5.11 Å². The largest absolute Gasteiger partial charge is 0.390 e. The summed E-state index contributed by atoms with van der Waals surface area (Å²) in [5, 5.41) is 13.3. The average molecular weight is 263 g/mol. The van der Waals surface area contributed by atoms with Crippen molar-refractivity contribution in [2.45, 2.75) is 44.8 Å². The SMILES string of the molecule is CNC(C)c1ccc(N2CCCC(C)(O)CC2)cn1. The Balaban J connectivity index is 2.05. The summed E-state index contributed by atoms with van der Waals surface area (Å²) in [7, 11) is 1.94. The minimum absolute atomic E-state index is 0.277. The Hall–Kier alpha value is -1.13. The van der Waals surface area contributed by atoms with Gasteiger partial charge in [-0.3, -0.25) is 4.98 Å². The number of pyridine rings is 1. The molecular weight excluding hydrogens is 238 g/mol. The van der Waals surface area contributed by atoms with Gasteiger partial charge in [-0.05, 0) is 52.3 Å². The molecule has 1 aromatic heterocycles. The predicted molar refractivity (Wildman–Crippen MR) is 78.4 cm³/mol. The molecule has 1 aliphatic heterocycles. The molecule has 2 unspecified atom stereocenters. The smallest absolute Gasteiger partial charge is 0.0637 e. The first kappa shape index (κ1) is 14.3. The van der Waals surface area contributed by atoms with Crippen LogP contribution >= 0.6 is 0 Å². The highest BCUT2D eigenvalue weighted by Crippen LogP contribution is 2.25. The van der Waals surface area contributed by atoms with Crippen molar-refractivity contribution in [2.75, 3.05) is 25.0 Å². The molecule has 4 nitrogen and oxygen atoms in total. The highest BCUT2D eigenvalue weighted by Gasteiger charge is 2.25. The van der Waals surface area contributed by atoms with Gasteiger partial charge in [-0.2, -0.15) is 0 Å². The van der Waals surface area contributed by atoms with Crippen molar-refractivity contribution in [1.82, 2.24) is 10.3 Å². The molecule has 2 atom stereocenters. The van der Waals surface area contributed by atoms with Crippen LogP contribution in [0.3, 0.4) is 0 Å². The number of rotatable bonds is 3. The van der Waals surface area contributed by atoms with Gasteiger partial charge in [0.1, 0.15) is 0 Å². The zero-order chi connectivity index (χ0) is 13.9. The summed E-state index contributed by atoms with van der Waals surface area (Å²) in [5.41, 5.74) is 1.71. The number of nitrogens with zero attached hydrogens (tertiary/aromatic N) is 2. The molecule has 2 heterocycles. The molecule has 0 radical (unpaired) electrons. The molecule has 1 aromatic rings. The lowest BCUT2D eigenvalue weighted by Crippen LogP contribution is -2.28. The molecule has 0 aliphatic carbocycles. The Morgan fingerprint density at radius 1 is 1.37 bits per heavy atom. The minimum atomic E-state index is -0.511. The normalized spacial score (nSPS) is 26.0. The molecule has 0 aromatic carbocycles. The average Bonchev–Trinajstić information content (AvgIpc) is 2.59. The zero-order valence-corrected chi connectivity index (χ0v) is 12.2. The second-order valence-corrected chi connectivity index (χ2v) is 5.79. The summed E-state index contributed by atoms with van der Waals surface area (Å²) in [4.78, 5) is 6.85. The molecule has 106 valence electrons. The van der Waals surface area contributed by atoms with Gasteiger partial charge < -0.3 is 15.3 Å². The van der Waals surface area contributed by atoms with Crippen LogP contribution in [0.5, 0.6) is 0 Å². The van der Waals surface area contributed by atoms with Gasteiger partial charge in [-0.15, -0.1) is 0 Å². The maximum Gasteiger partial charge on any atom is 0.0637 e. The van der Waals surface area contributed by atoms with Crippen molar-refractivity contribution in [3.05, 3.63) is 24.0 Å². The van der Waals surface area contributed by atoms with Gasteiger partial charge in [0.05, 0.1) is 23.2 Å². The van der Waals surface area contributed by atoms with E-state index < -0.39 is 5.60 Å². The van der Waals surface area contributed by atoms with E-state index in [1.165, 1.54) is 0 Å². The molecular formula is C15H25N3O. The molecule has 1 aliphatic rings. The number of aromatic nitrogens is 1. The van der Waals surface area contributed by atoms with E-state index >= 15 is 0 Å². The maximum absolute atomic E-state index is 10.1. The molecule has 4 heteroatoms. The summed E-state index contributed by atoms with van der Waals surface area (Å²) < 4.78 is 0. The molecule has 1 saturated heterocycles. The fourth-order valence-corrected chi connectivity index (χ4v) is 2.51. The van der Waals surface area contributed by atoms with Gasteiger partial charge in [0.25, 0.3) is 0 Å². The van der Waals surface area contributed by atoms with E-state index in [1.807, 2.05) is 20.2 Å². The fourth-order valence-electron chi connectivity index (χ4n) is 2.51. The van der Waals surface area contributed by atoms with Crippen LogP contribution in [0.1, 0.15) is 44.8 Å². The lowest BCUT2D eigenvalue weighted by molar-refractivity contribution is 0.0481. The Morgan fingerprint density at radius 3 is 2.79 bits per heavy atom. The third-order valence-corrected chi connectivity index (χ3v) is 4.08. The van der Waals surface area contributed by atoms with E-state index in [2.05, 4.69) is 34.3 Å². The van der Waals surface area contributed by atoms with E-state index in [0.717, 1.165) is 43.7 Å². The lowest BCUT2D eigenvalue weighted by Gasteiger charge is -2.24. The molecule has 0 bridgehead atoms. The fraction of sp³-hybridized carbons (Fsp3) is 0.667. The number of hydrogen-bond acceptors (Lipinski definition) is 4. The molecule has 0 saturated carbocycles. The molecule has 2 N–H and O–H groups in total. The van der Waals surface area contributed by atoms with E-state index in [-0.39, 0.29) is 6.04 Å². The maximum atomic E-state index is 10.1. The third kappa shape index (κ3) is 3.67. The highest BCUT2D eigenvalue weighted by molar-refractivity contribution is 5.45. The first-order chi connectivity index (χ1) is 9.02. The van der Waals surface area contributed by atoms with E-state index in [1.54, 1.807) is 0 Å². The van der Waals surface area contributed by atoms with Gasteiger partial charge in [0, 0.05) is 19.1 Å². The lowest BCUT2D eigenvalue weighted by atomic mass is 9.98. The second-order valence-electron chi connectivity index (χ2n) is 5.79. The van der Waals surface area contributed by atoms with Crippen molar-refractivity contribution in [1.29, 1.82) is 0 Å². The number of hydrogen-bond donors (Lipinski definition) is 2. The Bertz CT molecular complexity index is 402. The van der Waals surface area contributed by atoms with Crippen molar-refractivity contribution in [3.63, 3.8) is 0 Å². The Kier molecular flexibility index (Phi) is 4.42. The molecule has 0 spiro atoms. The van der Waals surface area contributed by atoms with Crippen LogP contribution in [0.25, 0.3) is 0 Å². The Morgan fingerprint density at radius 2 is 2.16 bits per heavy atom. The van der Waals surface area contributed by atoms with Crippen LogP contribution in [0.4, 0.5) is 5.69 Å². The van der Waals surface area contributed by atoms with Crippen LogP contribution < -0.4 is 10.2 Å². The predicted octanol–water partition coefficient (Wildman–Crippen LogP) is 2.10. The number of nitrogens with one attached hydrogen (secondary N) is 1. The summed E-state index contributed by atoms with van der Waals surface area (Å²) in [6.07, 6.45) is 4.68. The van der Waals surface area contributed by atoms with Crippen LogP contribution in [0.2, 0.25) is 0 Å². The molecule has 2 rings (SSSR count). The minimum Gasteiger partial charge on any atom is -0.390 e. The van der Waals surface area contributed by atoms with Gasteiger partial charge in [0.2, 0.25) is 0 Å². The van der Waals surface area contributed by atoms with Crippen molar-refractivity contribution >= 4 is 5.69 Å². The van der Waals surface area contributed by atoms with Crippen LogP contribution in [0.15, 0.2) is 18.3 Å². The van der Waals surface area contributed by atoms with Crippen LogP contribution in [-0.4, -0.2) is 35.8 Å². The highest BCUT2D eigenvalue weighted by atomic mass is 16.3. The number of aliphatic hydroxyl groups is 1. The summed E-state index contributed by atoms with van der Waals surface area (Å²) >= 11 is 0. The second kappa shape index (κ2) is 5.88. The monoisotopic (exact) mass is 263 g/mol. The first-order valence-electron chi connectivity index (χ1n) is 7.12.